The second-order valence-corrected chi connectivity index (χ2v) is 4.36. The largest absolute Gasteiger partial charge is 0.401 e. The van der Waals surface area contributed by atoms with Crippen LogP contribution in [-0.2, 0) is 0 Å². The van der Waals surface area contributed by atoms with Crippen LogP contribution >= 0.6 is 0 Å². The van der Waals surface area contributed by atoms with E-state index in [2.05, 4.69) is 0 Å². The van der Waals surface area contributed by atoms with Gasteiger partial charge in [0.15, 0.2) is 0 Å². The molecule has 0 spiro atoms. The van der Waals surface area contributed by atoms with Crippen molar-refractivity contribution in [3.63, 3.8) is 0 Å². The number of nitrogens with two attached hydrogens (primary N) is 1. The number of rotatable bonds is 5. The first-order valence-corrected chi connectivity index (χ1v) is 5.96. The van der Waals surface area contributed by atoms with Gasteiger partial charge in [0, 0.05) is 12.1 Å². The van der Waals surface area contributed by atoms with Crippen LogP contribution in [0.2, 0.25) is 0 Å². The number of nitrogens with zero attached hydrogens (tertiary/aromatic N) is 1. The van der Waals surface area contributed by atoms with E-state index < -0.39 is 18.8 Å². The number of alkyl halides is 3. The lowest BCUT2D eigenvalue weighted by molar-refractivity contribution is -0.150. The van der Waals surface area contributed by atoms with Gasteiger partial charge in [-0.15, -0.1) is 0 Å². The van der Waals surface area contributed by atoms with Gasteiger partial charge in [0.1, 0.15) is 0 Å². The van der Waals surface area contributed by atoms with Crippen LogP contribution in [0.25, 0.3) is 0 Å². The van der Waals surface area contributed by atoms with Crippen molar-refractivity contribution >= 4 is 0 Å². The lowest BCUT2D eigenvalue weighted by atomic mass is 10.0. The fraction of sp³-hybridized carbons (Fsp3) is 0.538. The van der Waals surface area contributed by atoms with Gasteiger partial charge in [0.05, 0.1) is 6.54 Å². The molecule has 0 radical (unpaired) electrons. The molecule has 2 atom stereocenters. The molecule has 0 fully saturated rings. The summed E-state index contributed by atoms with van der Waals surface area (Å²) in [5.41, 5.74) is 6.88. The Bertz CT molecular complexity index is 351. The van der Waals surface area contributed by atoms with Crippen molar-refractivity contribution in [3.8, 4) is 0 Å². The van der Waals surface area contributed by atoms with E-state index in [0.717, 1.165) is 5.56 Å². The topological polar surface area (TPSA) is 29.3 Å². The molecule has 1 aromatic carbocycles. The van der Waals surface area contributed by atoms with E-state index in [1.807, 2.05) is 30.3 Å². The Balaban J connectivity index is 2.75. The molecular formula is C13H19F3N2. The molecule has 2 N–H and O–H groups in total. The average Bonchev–Trinajstić information content (AvgIpc) is 2.34. The van der Waals surface area contributed by atoms with E-state index in [-0.39, 0.29) is 6.04 Å². The highest BCUT2D eigenvalue weighted by Crippen LogP contribution is 2.23. The van der Waals surface area contributed by atoms with Crippen molar-refractivity contribution < 1.29 is 13.2 Å². The zero-order valence-electron chi connectivity index (χ0n) is 10.6. The number of likely N-dealkylation sites (N-methyl/N-ethyl adjacent to an activating group) is 1. The van der Waals surface area contributed by atoms with Crippen LogP contribution in [0.1, 0.15) is 25.5 Å². The minimum absolute atomic E-state index is 0.321. The molecule has 1 aromatic rings. The maximum Gasteiger partial charge on any atom is 0.401 e. The highest BCUT2D eigenvalue weighted by atomic mass is 19.4. The molecule has 0 aliphatic carbocycles. The first kappa shape index (κ1) is 15.0. The van der Waals surface area contributed by atoms with Gasteiger partial charge in [-0.05, 0) is 19.0 Å². The minimum Gasteiger partial charge on any atom is -0.323 e. The molecule has 1 rings (SSSR count). The first-order valence-electron chi connectivity index (χ1n) is 5.96. The molecule has 102 valence electrons. The maximum absolute atomic E-state index is 12.4. The van der Waals surface area contributed by atoms with E-state index in [1.54, 1.807) is 13.8 Å². The summed E-state index contributed by atoms with van der Waals surface area (Å²) in [6.07, 6.45) is -4.19. The van der Waals surface area contributed by atoms with Crippen LogP contribution in [0.15, 0.2) is 30.3 Å². The van der Waals surface area contributed by atoms with Gasteiger partial charge in [-0.2, -0.15) is 13.2 Å². The molecular weight excluding hydrogens is 241 g/mol. The Labute approximate surface area is 106 Å². The van der Waals surface area contributed by atoms with Crippen molar-refractivity contribution in [1.82, 2.24) is 4.90 Å². The molecule has 0 aromatic heterocycles. The minimum atomic E-state index is -4.19. The summed E-state index contributed by atoms with van der Waals surface area (Å²) in [6.45, 7) is 2.83. The predicted octanol–water partition coefficient (Wildman–Crippen LogP) is 2.96. The monoisotopic (exact) mass is 260 g/mol. The molecule has 5 heteroatoms. The van der Waals surface area contributed by atoms with Gasteiger partial charge in [-0.1, -0.05) is 37.3 Å². The lowest BCUT2D eigenvalue weighted by Gasteiger charge is -2.32. The van der Waals surface area contributed by atoms with E-state index in [1.165, 1.54) is 4.90 Å². The number of hydrogen-bond donors (Lipinski definition) is 1. The molecule has 0 saturated carbocycles. The average molecular weight is 260 g/mol. The molecule has 0 saturated heterocycles. The maximum atomic E-state index is 12.4. The highest BCUT2D eigenvalue weighted by Gasteiger charge is 2.33. The summed E-state index contributed by atoms with van der Waals surface area (Å²) < 4.78 is 37.3. The summed E-state index contributed by atoms with van der Waals surface area (Å²) in [4.78, 5) is 1.34. The fourth-order valence-corrected chi connectivity index (χ4v) is 1.95. The van der Waals surface area contributed by atoms with E-state index >= 15 is 0 Å². The molecule has 0 amide bonds. The summed E-state index contributed by atoms with van der Waals surface area (Å²) in [5.74, 6) is 0. The van der Waals surface area contributed by atoms with Gasteiger partial charge in [0.25, 0.3) is 0 Å². The quantitative estimate of drug-likeness (QED) is 0.882. The highest BCUT2D eigenvalue weighted by molar-refractivity contribution is 5.19. The predicted molar refractivity (Wildman–Crippen MR) is 66.1 cm³/mol. The lowest BCUT2D eigenvalue weighted by Crippen LogP contribution is -2.45. The van der Waals surface area contributed by atoms with Gasteiger partial charge in [0.2, 0.25) is 0 Å². The van der Waals surface area contributed by atoms with Crippen LogP contribution in [-0.4, -0.2) is 30.2 Å². The summed E-state index contributed by atoms with van der Waals surface area (Å²) in [6, 6.07) is 8.41. The molecule has 0 aliphatic rings. The summed E-state index contributed by atoms with van der Waals surface area (Å²) >= 11 is 0. The second kappa shape index (κ2) is 6.20. The normalized spacial score (nSPS) is 15.7. The Morgan fingerprint density at radius 2 is 1.78 bits per heavy atom. The molecule has 2 unspecified atom stereocenters. The smallest absolute Gasteiger partial charge is 0.323 e. The third kappa shape index (κ3) is 4.31. The Morgan fingerprint density at radius 1 is 1.22 bits per heavy atom. The van der Waals surface area contributed by atoms with E-state index in [0.29, 0.717) is 6.54 Å². The zero-order chi connectivity index (χ0) is 13.8. The zero-order valence-corrected chi connectivity index (χ0v) is 10.6. The van der Waals surface area contributed by atoms with Gasteiger partial charge >= 0.3 is 6.18 Å². The number of halogens is 3. The van der Waals surface area contributed by atoms with Crippen molar-refractivity contribution in [2.45, 2.75) is 32.1 Å². The SMILES string of the molecule is CCN(CC(F)(F)F)C(C)C(N)c1ccccc1. The van der Waals surface area contributed by atoms with Crippen LogP contribution in [0, 0.1) is 0 Å². The molecule has 18 heavy (non-hydrogen) atoms. The van der Waals surface area contributed by atoms with Crippen LogP contribution in [0.5, 0.6) is 0 Å². The standard InChI is InChI=1S/C13H19F3N2/c1-3-18(9-13(14,15)16)10(2)12(17)11-7-5-4-6-8-11/h4-8,10,12H,3,9,17H2,1-2H3. The Morgan fingerprint density at radius 3 is 2.22 bits per heavy atom. The molecule has 0 bridgehead atoms. The summed E-state index contributed by atoms with van der Waals surface area (Å²) in [5, 5.41) is 0. The van der Waals surface area contributed by atoms with Gasteiger partial charge < -0.3 is 5.73 Å². The fourth-order valence-electron chi connectivity index (χ4n) is 1.95. The van der Waals surface area contributed by atoms with Crippen molar-refractivity contribution in [2.24, 2.45) is 5.73 Å². The molecule has 2 nitrogen and oxygen atoms in total. The molecule has 0 aliphatic heterocycles. The van der Waals surface area contributed by atoms with Crippen molar-refractivity contribution in [2.75, 3.05) is 13.1 Å². The third-order valence-electron chi connectivity index (χ3n) is 3.07. The van der Waals surface area contributed by atoms with Crippen LogP contribution in [0.3, 0.4) is 0 Å². The number of benzene rings is 1. The van der Waals surface area contributed by atoms with Crippen LogP contribution in [0.4, 0.5) is 13.2 Å². The Hall–Kier alpha value is -1.07. The molecule has 0 heterocycles. The number of hydrogen-bond acceptors (Lipinski definition) is 2. The van der Waals surface area contributed by atoms with E-state index in [4.69, 9.17) is 5.73 Å². The van der Waals surface area contributed by atoms with Crippen molar-refractivity contribution in [1.29, 1.82) is 0 Å². The van der Waals surface area contributed by atoms with Crippen LogP contribution < -0.4 is 5.73 Å². The Kier molecular flexibility index (Phi) is 5.16. The second-order valence-electron chi connectivity index (χ2n) is 4.36. The van der Waals surface area contributed by atoms with Crippen molar-refractivity contribution in [3.05, 3.63) is 35.9 Å². The first-order chi connectivity index (χ1) is 8.35. The van der Waals surface area contributed by atoms with Gasteiger partial charge in [-0.3, -0.25) is 4.90 Å². The van der Waals surface area contributed by atoms with Gasteiger partial charge in [-0.25, -0.2) is 0 Å². The summed E-state index contributed by atoms with van der Waals surface area (Å²) in [7, 11) is 0. The third-order valence-corrected chi connectivity index (χ3v) is 3.07. The van der Waals surface area contributed by atoms with E-state index in [9.17, 15) is 13.2 Å².